The van der Waals surface area contributed by atoms with E-state index in [-0.39, 0.29) is 5.91 Å². The van der Waals surface area contributed by atoms with Crippen molar-refractivity contribution in [2.45, 2.75) is 26.2 Å². The van der Waals surface area contributed by atoms with E-state index in [0.29, 0.717) is 25.4 Å². The van der Waals surface area contributed by atoms with Gasteiger partial charge in [0.05, 0.1) is 5.39 Å². The smallest absolute Gasteiger partial charge is 0.229 e. The second-order valence-corrected chi connectivity index (χ2v) is 9.40. The summed E-state index contributed by atoms with van der Waals surface area (Å²) in [6.07, 6.45) is 5.66. The van der Waals surface area contributed by atoms with Gasteiger partial charge in [0.1, 0.15) is 18.1 Å². The zero-order valence-corrected chi connectivity index (χ0v) is 21.3. The molecule has 1 amide bonds. The van der Waals surface area contributed by atoms with Crippen LogP contribution in [0.15, 0.2) is 71.3 Å². The third kappa shape index (κ3) is 6.12. The Morgan fingerprint density at radius 2 is 1.76 bits per heavy atom. The molecule has 2 aromatic heterocycles. The molecule has 0 radical (unpaired) electrons. The Balaban J connectivity index is 1.40. The SMILES string of the molecule is CC(=O)NCCNc1ccnc2oc(-c3ccc(OCCN4CCCCC4)cc3)c(-c3ccccc3)c12. The van der Waals surface area contributed by atoms with Crippen LogP contribution >= 0.6 is 0 Å². The molecule has 0 bridgehead atoms. The van der Waals surface area contributed by atoms with E-state index in [0.717, 1.165) is 45.8 Å². The van der Waals surface area contributed by atoms with E-state index in [4.69, 9.17) is 9.15 Å². The largest absolute Gasteiger partial charge is 0.492 e. The monoisotopic (exact) mass is 498 g/mol. The lowest BCUT2D eigenvalue weighted by Crippen LogP contribution is -2.33. The second kappa shape index (κ2) is 11.9. The summed E-state index contributed by atoms with van der Waals surface area (Å²) in [4.78, 5) is 18.3. The Kier molecular flexibility index (Phi) is 8.01. The molecule has 2 aromatic carbocycles. The van der Waals surface area contributed by atoms with Crippen molar-refractivity contribution < 1.29 is 13.9 Å². The molecule has 1 saturated heterocycles. The van der Waals surface area contributed by atoms with Crippen LogP contribution in [0.3, 0.4) is 0 Å². The molecule has 7 heteroatoms. The molecular formula is C30H34N4O3. The fraction of sp³-hybridized carbons (Fsp3) is 0.333. The first-order chi connectivity index (χ1) is 18.2. The quantitative estimate of drug-likeness (QED) is 0.278. The highest BCUT2D eigenvalue weighted by Crippen LogP contribution is 2.43. The van der Waals surface area contributed by atoms with Crippen molar-refractivity contribution >= 4 is 22.7 Å². The molecule has 0 unspecified atom stereocenters. The maximum absolute atomic E-state index is 11.2. The Labute approximate surface area is 217 Å². The number of amides is 1. The maximum atomic E-state index is 11.2. The van der Waals surface area contributed by atoms with Crippen molar-refractivity contribution in [1.29, 1.82) is 0 Å². The molecule has 1 aliphatic heterocycles. The zero-order valence-electron chi connectivity index (χ0n) is 21.3. The fourth-order valence-electron chi connectivity index (χ4n) is 4.87. The number of fused-ring (bicyclic) bond motifs is 1. The number of carbonyl (C=O) groups excluding carboxylic acids is 1. The van der Waals surface area contributed by atoms with Gasteiger partial charge in [-0.2, -0.15) is 0 Å². The Morgan fingerprint density at radius 3 is 2.51 bits per heavy atom. The lowest BCUT2D eigenvalue weighted by molar-refractivity contribution is -0.118. The predicted octanol–water partition coefficient (Wildman–Crippen LogP) is 5.57. The van der Waals surface area contributed by atoms with Gasteiger partial charge in [0, 0.05) is 49.6 Å². The van der Waals surface area contributed by atoms with Crippen LogP contribution in [0, 0.1) is 0 Å². The van der Waals surface area contributed by atoms with Gasteiger partial charge >= 0.3 is 0 Å². The number of nitrogens with zero attached hydrogens (tertiary/aromatic N) is 2. The number of ether oxygens (including phenoxy) is 1. The number of aromatic nitrogens is 1. The van der Waals surface area contributed by atoms with Gasteiger partial charge in [-0.3, -0.25) is 9.69 Å². The molecule has 7 nitrogen and oxygen atoms in total. The van der Waals surface area contributed by atoms with Crippen LogP contribution in [-0.4, -0.2) is 55.1 Å². The standard InChI is InChI=1S/C30H34N4O3/c1-22(35)31-16-17-32-26-14-15-33-30-28(26)27(23-8-4-2-5-9-23)29(37-30)24-10-12-25(13-11-24)36-21-20-34-18-6-3-7-19-34/h2,4-5,8-15H,3,6-7,16-21H2,1H3,(H,31,35)(H,32,33). The number of hydrogen-bond donors (Lipinski definition) is 2. The van der Waals surface area contributed by atoms with E-state index >= 15 is 0 Å². The number of carbonyl (C=O) groups is 1. The highest BCUT2D eigenvalue weighted by atomic mass is 16.5. The van der Waals surface area contributed by atoms with E-state index in [2.05, 4.69) is 32.7 Å². The highest BCUT2D eigenvalue weighted by molar-refractivity contribution is 6.06. The van der Waals surface area contributed by atoms with Gasteiger partial charge < -0.3 is 19.8 Å². The number of benzene rings is 2. The third-order valence-corrected chi connectivity index (χ3v) is 6.71. The van der Waals surface area contributed by atoms with Gasteiger partial charge in [-0.1, -0.05) is 36.8 Å². The highest BCUT2D eigenvalue weighted by Gasteiger charge is 2.21. The summed E-state index contributed by atoms with van der Waals surface area (Å²) >= 11 is 0. The second-order valence-electron chi connectivity index (χ2n) is 9.40. The van der Waals surface area contributed by atoms with Crippen LogP contribution in [-0.2, 0) is 4.79 Å². The zero-order chi connectivity index (χ0) is 25.5. The number of furan rings is 1. The predicted molar refractivity (Wildman–Crippen MR) is 148 cm³/mol. The minimum atomic E-state index is -0.0452. The number of nitrogens with one attached hydrogen (secondary N) is 2. The maximum Gasteiger partial charge on any atom is 0.229 e. The summed E-state index contributed by atoms with van der Waals surface area (Å²) in [7, 11) is 0. The van der Waals surface area contributed by atoms with E-state index < -0.39 is 0 Å². The number of rotatable bonds is 10. The van der Waals surface area contributed by atoms with Crippen molar-refractivity contribution in [3.63, 3.8) is 0 Å². The molecule has 37 heavy (non-hydrogen) atoms. The summed E-state index contributed by atoms with van der Waals surface area (Å²) in [6, 6.07) is 20.3. The number of likely N-dealkylation sites (tertiary alicyclic amines) is 1. The minimum Gasteiger partial charge on any atom is -0.492 e. The van der Waals surface area contributed by atoms with Crippen molar-refractivity contribution in [3.05, 3.63) is 66.9 Å². The Morgan fingerprint density at radius 1 is 0.973 bits per heavy atom. The molecular weight excluding hydrogens is 464 g/mol. The number of piperidine rings is 1. The van der Waals surface area contributed by atoms with Crippen LogP contribution in [0.2, 0.25) is 0 Å². The van der Waals surface area contributed by atoms with Crippen LogP contribution in [0.25, 0.3) is 33.6 Å². The van der Waals surface area contributed by atoms with E-state index in [9.17, 15) is 4.79 Å². The molecule has 0 spiro atoms. The summed E-state index contributed by atoms with van der Waals surface area (Å²) in [5.41, 5.74) is 4.49. The van der Waals surface area contributed by atoms with Crippen molar-refractivity contribution in [2.75, 3.05) is 44.6 Å². The molecule has 1 aliphatic rings. The third-order valence-electron chi connectivity index (χ3n) is 6.71. The topological polar surface area (TPSA) is 79.6 Å². The van der Waals surface area contributed by atoms with Crippen LogP contribution < -0.4 is 15.4 Å². The Hall–Kier alpha value is -3.84. The van der Waals surface area contributed by atoms with Crippen molar-refractivity contribution in [3.8, 4) is 28.2 Å². The van der Waals surface area contributed by atoms with Gasteiger partial charge in [0.2, 0.25) is 11.6 Å². The average Bonchev–Trinajstić information content (AvgIpc) is 3.33. The summed E-state index contributed by atoms with van der Waals surface area (Å²) in [6.45, 7) is 6.65. The van der Waals surface area contributed by atoms with Crippen molar-refractivity contribution in [1.82, 2.24) is 15.2 Å². The minimum absolute atomic E-state index is 0.0452. The average molecular weight is 499 g/mol. The molecule has 0 atom stereocenters. The number of pyridine rings is 1. The molecule has 2 N–H and O–H groups in total. The number of hydrogen-bond acceptors (Lipinski definition) is 6. The normalized spacial score (nSPS) is 14.0. The summed E-state index contributed by atoms with van der Waals surface area (Å²) in [5, 5.41) is 7.19. The first kappa shape index (κ1) is 24.8. The number of anilines is 1. The molecule has 192 valence electrons. The Bertz CT molecular complexity index is 1310. The van der Waals surface area contributed by atoms with Gasteiger partial charge in [-0.05, 0) is 61.8 Å². The van der Waals surface area contributed by atoms with Crippen LogP contribution in [0.5, 0.6) is 5.75 Å². The molecule has 3 heterocycles. The van der Waals surface area contributed by atoms with Crippen LogP contribution in [0.4, 0.5) is 5.69 Å². The van der Waals surface area contributed by atoms with Crippen molar-refractivity contribution in [2.24, 2.45) is 0 Å². The van der Waals surface area contributed by atoms with E-state index in [1.807, 2.05) is 48.5 Å². The van der Waals surface area contributed by atoms with Gasteiger partial charge in [-0.25, -0.2) is 4.98 Å². The van der Waals surface area contributed by atoms with E-state index in [1.165, 1.54) is 39.3 Å². The fourth-order valence-corrected chi connectivity index (χ4v) is 4.87. The lowest BCUT2D eigenvalue weighted by atomic mass is 9.98. The first-order valence-corrected chi connectivity index (χ1v) is 13.1. The first-order valence-electron chi connectivity index (χ1n) is 13.1. The van der Waals surface area contributed by atoms with Gasteiger partial charge in [0.15, 0.2) is 0 Å². The summed E-state index contributed by atoms with van der Waals surface area (Å²) < 4.78 is 12.4. The van der Waals surface area contributed by atoms with Gasteiger partial charge in [-0.15, -0.1) is 0 Å². The summed E-state index contributed by atoms with van der Waals surface area (Å²) in [5.74, 6) is 1.58. The molecule has 1 fully saturated rings. The molecule has 5 rings (SSSR count). The van der Waals surface area contributed by atoms with E-state index in [1.54, 1.807) is 6.20 Å². The van der Waals surface area contributed by atoms with Crippen LogP contribution in [0.1, 0.15) is 26.2 Å². The molecule has 0 aliphatic carbocycles. The molecule has 0 saturated carbocycles. The van der Waals surface area contributed by atoms with Gasteiger partial charge in [0.25, 0.3) is 0 Å². The molecule has 4 aromatic rings. The lowest BCUT2D eigenvalue weighted by Gasteiger charge is -2.26.